The normalized spacial score (nSPS) is 16.4. The lowest BCUT2D eigenvalue weighted by Crippen LogP contribution is -2.36. The number of piperidine rings is 1. The summed E-state index contributed by atoms with van der Waals surface area (Å²) in [6.07, 6.45) is 4.29. The van der Waals surface area contributed by atoms with Crippen molar-refractivity contribution in [3.63, 3.8) is 0 Å². The van der Waals surface area contributed by atoms with Gasteiger partial charge in [0.1, 0.15) is 0 Å². The molecule has 1 aliphatic heterocycles. The molecule has 4 heteroatoms. The third kappa shape index (κ3) is 3.87. The molecule has 1 amide bonds. The van der Waals surface area contributed by atoms with Crippen molar-refractivity contribution in [3.8, 4) is 0 Å². The summed E-state index contributed by atoms with van der Waals surface area (Å²) in [7, 11) is 0. The van der Waals surface area contributed by atoms with Gasteiger partial charge in [0, 0.05) is 18.7 Å². The van der Waals surface area contributed by atoms with Crippen molar-refractivity contribution in [1.82, 2.24) is 4.90 Å². The molecule has 4 nitrogen and oxygen atoms in total. The van der Waals surface area contributed by atoms with Crippen molar-refractivity contribution < 1.29 is 14.7 Å². The number of hydrogen-bond donors (Lipinski definition) is 1. The lowest BCUT2D eigenvalue weighted by Gasteiger charge is -2.27. The molecule has 1 aromatic carbocycles. The summed E-state index contributed by atoms with van der Waals surface area (Å²) in [6, 6.07) is 5.77. The topological polar surface area (TPSA) is 57.6 Å². The number of carboxylic acid groups (broad SMARTS) is 1. The quantitative estimate of drug-likeness (QED) is 0.904. The average molecular weight is 303 g/mol. The summed E-state index contributed by atoms with van der Waals surface area (Å²) in [6.45, 7) is 5.62. The van der Waals surface area contributed by atoms with E-state index >= 15 is 0 Å². The Bertz CT molecular complexity index is 547. The standard InChI is InChI=1S/C18H25NO3/c1-3-14(12-17(20)21)15-7-8-16(13(2)11-15)18(22)19-9-5-4-6-10-19/h7-8,11,14H,3-6,9-10,12H2,1-2H3,(H,20,21). The fourth-order valence-corrected chi connectivity index (χ4v) is 3.16. The fourth-order valence-electron chi connectivity index (χ4n) is 3.16. The Morgan fingerprint density at radius 2 is 1.91 bits per heavy atom. The maximum atomic E-state index is 12.6. The van der Waals surface area contributed by atoms with E-state index in [1.54, 1.807) is 0 Å². The molecular formula is C18H25NO3. The Balaban J connectivity index is 2.18. The minimum absolute atomic E-state index is 0.00957. The predicted octanol–water partition coefficient (Wildman–Crippen LogP) is 3.59. The van der Waals surface area contributed by atoms with E-state index in [4.69, 9.17) is 5.11 Å². The molecule has 1 unspecified atom stereocenters. The van der Waals surface area contributed by atoms with Crippen molar-refractivity contribution in [2.45, 2.75) is 51.9 Å². The van der Waals surface area contributed by atoms with E-state index in [9.17, 15) is 9.59 Å². The number of benzene rings is 1. The van der Waals surface area contributed by atoms with Gasteiger partial charge in [-0.2, -0.15) is 0 Å². The van der Waals surface area contributed by atoms with E-state index in [0.29, 0.717) is 0 Å². The highest BCUT2D eigenvalue weighted by molar-refractivity contribution is 5.95. The predicted molar refractivity (Wildman–Crippen MR) is 86.2 cm³/mol. The van der Waals surface area contributed by atoms with E-state index in [-0.39, 0.29) is 18.2 Å². The van der Waals surface area contributed by atoms with Gasteiger partial charge >= 0.3 is 5.97 Å². The number of rotatable bonds is 5. The zero-order valence-corrected chi connectivity index (χ0v) is 13.5. The van der Waals surface area contributed by atoms with Crippen LogP contribution in [0, 0.1) is 6.92 Å². The third-order valence-electron chi connectivity index (χ3n) is 4.51. The van der Waals surface area contributed by atoms with Crippen LogP contribution in [0.25, 0.3) is 0 Å². The maximum Gasteiger partial charge on any atom is 0.303 e. The second-order valence-corrected chi connectivity index (χ2v) is 6.13. The Labute approximate surface area is 132 Å². The first-order valence-electron chi connectivity index (χ1n) is 8.14. The number of likely N-dealkylation sites (tertiary alicyclic amines) is 1. The van der Waals surface area contributed by atoms with Crippen LogP contribution in [0.1, 0.15) is 66.4 Å². The van der Waals surface area contributed by atoms with E-state index in [0.717, 1.165) is 49.0 Å². The second-order valence-electron chi connectivity index (χ2n) is 6.13. The molecule has 0 saturated carbocycles. The Kier molecular flexibility index (Phi) is 5.58. The maximum absolute atomic E-state index is 12.6. The minimum atomic E-state index is -0.780. The van der Waals surface area contributed by atoms with Gasteiger partial charge in [0.25, 0.3) is 5.91 Å². The van der Waals surface area contributed by atoms with Crippen molar-refractivity contribution in [2.75, 3.05) is 13.1 Å². The van der Waals surface area contributed by atoms with Crippen molar-refractivity contribution in [2.24, 2.45) is 0 Å². The Morgan fingerprint density at radius 3 is 2.45 bits per heavy atom. The average Bonchev–Trinajstić information content (AvgIpc) is 2.52. The number of amides is 1. The molecule has 0 aromatic heterocycles. The van der Waals surface area contributed by atoms with Crippen LogP contribution < -0.4 is 0 Å². The van der Waals surface area contributed by atoms with Gasteiger partial charge < -0.3 is 10.0 Å². The number of carboxylic acids is 1. The van der Waals surface area contributed by atoms with Crippen molar-refractivity contribution in [1.29, 1.82) is 0 Å². The minimum Gasteiger partial charge on any atom is -0.481 e. The SMILES string of the molecule is CCC(CC(=O)O)c1ccc(C(=O)N2CCCCC2)c(C)c1. The molecule has 1 fully saturated rings. The van der Waals surface area contributed by atoms with Crippen LogP contribution in [-0.2, 0) is 4.79 Å². The number of aliphatic carboxylic acids is 1. The lowest BCUT2D eigenvalue weighted by molar-refractivity contribution is -0.137. The van der Waals surface area contributed by atoms with Gasteiger partial charge in [-0.1, -0.05) is 19.1 Å². The molecule has 2 rings (SSSR count). The molecule has 1 N–H and O–H groups in total. The van der Waals surface area contributed by atoms with E-state index < -0.39 is 5.97 Å². The summed E-state index contributed by atoms with van der Waals surface area (Å²) in [5.74, 6) is -0.664. The van der Waals surface area contributed by atoms with Crippen LogP contribution in [0.5, 0.6) is 0 Å². The van der Waals surface area contributed by atoms with E-state index in [1.807, 2.05) is 36.9 Å². The number of nitrogens with zero attached hydrogens (tertiary/aromatic N) is 1. The highest BCUT2D eigenvalue weighted by atomic mass is 16.4. The summed E-state index contributed by atoms with van der Waals surface area (Å²) >= 11 is 0. The zero-order valence-electron chi connectivity index (χ0n) is 13.5. The van der Waals surface area contributed by atoms with Crippen LogP contribution >= 0.6 is 0 Å². The van der Waals surface area contributed by atoms with Gasteiger partial charge in [-0.3, -0.25) is 9.59 Å². The summed E-state index contributed by atoms with van der Waals surface area (Å²) < 4.78 is 0. The number of hydrogen-bond acceptors (Lipinski definition) is 2. The van der Waals surface area contributed by atoms with Gasteiger partial charge in [0.05, 0.1) is 6.42 Å². The molecule has 0 aliphatic carbocycles. The molecule has 1 aromatic rings. The molecule has 120 valence electrons. The summed E-state index contributed by atoms with van der Waals surface area (Å²) in [4.78, 5) is 25.5. The van der Waals surface area contributed by atoms with Crippen LogP contribution in [0.2, 0.25) is 0 Å². The Hall–Kier alpha value is -1.84. The smallest absolute Gasteiger partial charge is 0.303 e. The first-order valence-corrected chi connectivity index (χ1v) is 8.14. The molecular weight excluding hydrogens is 278 g/mol. The van der Waals surface area contributed by atoms with Gasteiger partial charge in [-0.25, -0.2) is 0 Å². The molecule has 22 heavy (non-hydrogen) atoms. The number of carbonyl (C=O) groups excluding carboxylic acids is 1. The van der Waals surface area contributed by atoms with Crippen LogP contribution in [0.3, 0.4) is 0 Å². The molecule has 0 radical (unpaired) electrons. The molecule has 1 aliphatic rings. The van der Waals surface area contributed by atoms with Crippen LogP contribution in [0.4, 0.5) is 0 Å². The summed E-state index contributed by atoms with van der Waals surface area (Å²) in [5, 5.41) is 9.00. The zero-order chi connectivity index (χ0) is 16.1. The van der Waals surface area contributed by atoms with Crippen molar-refractivity contribution in [3.05, 3.63) is 34.9 Å². The van der Waals surface area contributed by atoms with Gasteiger partial charge in [-0.05, 0) is 55.7 Å². The lowest BCUT2D eigenvalue weighted by atomic mass is 9.90. The molecule has 1 saturated heterocycles. The van der Waals surface area contributed by atoms with Gasteiger partial charge in [0.2, 0.25) is 0 Å². The molecule has 0 spiro atoms. The summed E-state index contributed by atoms with van der Waals surface area (Å²) in [5.41, 5.74) is 2.70. The highest BCUT2D eigenvalue weighted by Crippen LogP contribution is 2.26. The monoisotopic (exact) mass is 303 g/mol. The first kappa shape index (κ1) is 16.5. The van der Waals surface area contributed by atoms with Gasteiger partial charge in [-0.15, -0.1) is 0 Å². The number of aryl methyl sites for hydroxylation is 1. The van der Waals surface area contributed by atoms with Crippen LogP contribution in [0.15, 0.2) is 18.2 Å². The largest absolute Gasteiger partial charge is 0.481 e. The molecule has 1 heterocycles. The van der Waals surface area contributed by atoms with Gasteiger partial charge in [0.15, 0.2) is 0 Å². The van der Waals surface area contributed by atoms with Crippen LogP contribution in [-0.4, -0.2) is 35.0 Å². The van der Waals surface area contributed by atoms with E-state index in [1.165, 1.54) is 6.42 Å². The van der Waals surface area contributed by atoms with Crippen molar-refractivity contribution >= 4 is 11.9 Å². The third-order valence-corrected chi connectivity index (χ3v) is 4.51. The highest BCUT2D eigenvalue weighted by Gasteiger charge is 2.21. The number of carbonyl (C=O) groups is 2. The first-order chi connectivity index (χ1) is 10.5. The molecule has 1 atom stereocenters. The Morgan fingerprint density at radius 1 is 1.23 bits per heavy atom. The molecule has 0 bridgehead atoms. The van der Waals surface area contributed by atoms with E-state index in [2.05, 4.69) is 0 Å². The second kappa shape index (κ2) is 7.43. The fraction of sp³-hybridized carbons (Fsp3) is 0.556.